The lowest BCUT2D eigenvalue weighted by molar-refractivity contribution is 0.103. The fraction of sp³-hybridized carbons (Fsp3) is 0.0213. The van der Waals surface area contributed by atoms with Crippen molar-refractivity contribution in [3.63, 3.8) is 0 Å². The van der Waals surface area contributed by atoms with Crippen LogP contribution in [0.1, 0.15) is 38.2 Å². The lowest BCUT2D eigenvalue weighted by Gasteiger charge is -2.42. The molecular formula is C47H31N3O. The van der Waals surface area contributed by atoms with Crippen LogP contribution in [-0.4, -0.2) is 20.7 Å². The Morgan fingerprint density at radius 3 is 1.33 bits per heavy atom. The lowest BCUT2D eigenvalue weighted by atomic mass is 9.59. The third-order valence-electron chi connectivity index (χ3n) is 9.84. The first-order valence-corrected chi connectivity index (χ1v) is 17.1. The van der Waals surface area contributed by atoms with Crippen molar-refractivity contribution in [3.8, 4) is 45.3 Å². The maximum absolute atomic E-state index is 14.3. The molecule has 240 valence electrons. The van der Waals surface area contributed by atoms with E-state index in [0.29, 0.717) is 23.0 Å². The van der Waals surface area contributed by atoms with Crippen LogP contribution in [-0.2, 0) is 5.41 Å². The molecule has 1 heterocycles. The van der Waals surface area contributed by atoms with Crippen LogP contribution in [0.4, 0.5) is 0 Å². The number of ketones is 1. The maximum atomic E-state index is 14.3. The minimum absolute atomic E-state index is 0.0281. The average Bonchev–Trinajstić information content (AvgIpc) is 3.22. The van der Waals surface area contributed by atoms with E-state index in [4.69, 9.17) is 15.0 Å². The minimum atomic E-state index is -0.735. The van der Waals surface area contributed by atoms with Gasteiger partial charge in [-0.1, -0.05) is 182 Å². The number of hydrogen-bond donors (Lipinski definition) is 0. The second kappa shape index (κ2) is 12.6. The highest BCUT2D eigenvalue weighted by atomic mass is 16.1. The summed E-state index contributed by atoms with van der Waals surface area (Å²) in [5.41, 5.74) is 9.43. The Morgan fingerprint density at radius 1 is 0.333 bits per heavy atom. The smallest absolute Gasteiger partial charge is 0.193 e. The van der Waals surface area contributed by atoms with E-state index in [2.05, 4.69) is 78.9 Å². The monoisotopic (exact) mass is 653 g/mol. The third-order valence-corrected chi connectivity index (χ3v) is 9.84. The molecular weight excluding hydrogens is 623 g/mol. The number of benzene rings is 7. The number of carbonyl (C=O) groups excluding carboxylic acids is 1. The van der Waals surface area contributed by atoms with E-state index in [1.807, 2.05) is 109 Å². The third kappa shape index (κ3) is 5.08. The average molecular weight is 654 g/mol. The Bertz CT molecular complexity index is 2430. The Hall–Kier alpha value is -6.78. The molecule has 4 nitrogen and oxygen atoms in total. The van der Waals surface area contributed by atoms with Crippen molar-refractivity contribution in [2.45, 2.75) is 5.41 Å². The number of nitrogens with zero attached hydrogens (tertiary/aromatic N) is 3. The molecule has 0 aliphatic heterocycles. The van der Waals surface area contributed by atoms with E-state index in [1.165, 1.54) is 0 Å². The number of aromatic nitrogens is 3. The fourth-order valence-corrected chi connectivity index (χ4v) is 7.54. The normalized spacial score (nSPS) is 12.9. The summed E-state index contributed by atoms with van der Waals surface area (Å²) < 4.78 is 0. The van der Waals surface area contributed by atoms with Crippen LogP contribution < -0.4 is 0 Å². The number of rotatable bonds is 6. The van der Waals surface area contributed by atoms with Gasteiger partial charge < -0.3 is 0 Å². The lowest BCUT2D eigenvalue weighted by Crippen LogP contribution is -2.38. The van der Waals surface area contributed by atoms with Crippen LogP contribution in [0.3, 0.4) is 0 Å². The van der Waals surface area contributed by atoms with Crippen LogP contribution in [0.5, 0.6) is 0 Å². The molecule has 0 saturated carbocycles. The number of hydrogen-bond acceptors (Lipinski definition) is 4. The van der Waals surface area contributed by atoms with Gasteiger partial charge in [-0.25, -0.2) is 15.0 Å². The Labute approximate surface area is 296 Å². The van der Waals surface area contributed by atoms with Crippen molar-refractivity contribution < 1.29 is 4.79 Å². The molecule has 0 unspecified atom stereocenters. The van der Waals surface area contributed by atoms with Crippen molar-refractivity contribution in [1.82, 2.24) is 15.0 Å². The van der Waals surface area contributed by atoms with Crippen LogP contribution >= 0.6 is 0 Å². The molecule has 0 spiro atoms. The van der Waals surface area contributed by atoms with Crippen molar-refractivity contribution >= 4 is 5.78 Å². The van der Waals surface area contributed by atoms with E-state index in [1.54, 1.807) is 0 Å². The van der Waals surface area contributed by atoms with Gasteiger partial charge in [-0.15, -0.1) is 0 Å². The molecule has 51 heavy (non-hydrogen) atoms. The van der Waals surface area contributed by atoms with Gasteiger partial charge in [0.2, 0.25) is 0 Å². The Balaban J connectivity index is 1.30. The molecule has 0 N–H and O–H groups in total. The van der Waals surface area contributed by atoms with E-state index in [9.17, 15) is 4.79 Å². The zero-order valence-electron chi connectivity index (χ0n) is 27.6. The standard InChI is InChI=1S/C47H31N3O/c51-43-39-27-15-16-28-41(39)47(35-21-9-3-10-22-35,36-23-11-4-12-24-36)42-31-34(29-30-40(42)43)37-25-13-14-26-38(37)46-49-44(32-17-5-1-6-18-32)48-45(50-46)33-19-7-2-8-20-33/h1-31H. The molecule has 0 atom stereocenters. The summed E-state index contributed by atoms with van der Waals surface area (Å²) in [4.78, 5) is 29.4. The largest absolute Gasteiger partial charge is 0.289 e. The first-order valence-electron chi connectivity index (χ1n) is 17.1. The summed E-state index contributed by atoms with van der Waals surface area (Å²) in [5.74, 6) is 1.82. The van der Waals surface area contributed by atoms with Crippen LogP contribution in [0.25, 0.3) is 45.3 Å². The van der Waals surface area contributed by atoms with Gasteiger partial charge >= 0.3 is 0 Å². The Morgan fingerprint density at radius 2 is 0.765 bits per heavy atom. The van der Waals surface area contributed by atoms with Crippen LogP contribution in [0.2, 0.25) is 0 Å². The summed E-state index contributed by atoms with van der Waals surface area (Å²) in [5, 5.41) is 0. The summed E-state index contributed by atoms with van der Waals surface area (Å²) in [7, 11) is 0. The van der Waals surface area contributed by atoms with Gasteiger partial charge in [0.15, 0.2) is 23.3 Å². The maximum Gasteiger partial charge on any atom is 0.193 e. The van der Waals surface area contributed by atoms with Crippen LogP contribution in [0.15, 0.2) is 188 Å². The fourth-order valence-electron chi connectivity index (χ4n) is 7.54. The van der Waals surface area contributed by atoms with Gasteiger partial charge in [-0.3, -0.25) is 4.79 Å². The second-order valence-electron chi connectivity index (χ2n) is 12.7. The van der Waals surface area contributed by atoms with E-state index in [0.717, 1.165) is 55.6 Å². The molecule has 9 rings (SSSR count). The van der Waals surface area contributed by atoms with Crippen molar-refractivity contribution in [2.75, 3.05) is 0 Å². The summed E-state index contributed by atoms with van der Waals surface area (Å²) in [6.07, 6.45) is 0. The number of carbonyl (C=O) groups is 1. The molecule has 1 aliphatic carbocycles. The van der Waals surface area contributed by atoms with E-state index in [-0.39, 0.29) is 5.78 Å². The van der Waals surface area contributed by atoms with Gasteiger partial charge in [0.25, 0.3) is 0 Å². The molecule has 0 bridgehead atoms. The summed E-state index contributed by atoms with van der Waals surface area (Å²) >= 11 is 0. The van der Waals surface area contributed by atoms with Crippen molar-refractivity contribution in [1.29, 1.82) is 0 Å². The van der Waals surface area contributed by atoms with Gasteiger partial charge in [0.1, 0.15) is 0 Å². The molecule has 4 heteroatoms. The molecule has 8 aromatic rings. The highest BCUT2D eigenvalue weighted by Gasteiger charge is 2.46. The SMILES string of the molecule is O=C1c2ccccc2C(c2ccccc2)(c2ccccc2)c2cc(-c3ccccc3-c3nc(-c4ccccc4)nc(-c4ccccc4)n3)ccc21. The van der Waals surface area contributed by atoms with E-state index >= 15 is 0 Å². The number of fused-ring (bicyclic) bond motifs is 2. The van der Waals surface area contributed by atoms with Gasteiger partial charge in [-0.05, 0) is 39.4 Å². The second-order valence-corrected chi connectivity index (χ2v) is 12.7. The minimum Gasteiger partial charge on any atom is -0.289 e. The topological polar surface area (TPSA) is 55.7 Å². The highest BCUT2D eigenvalue weighted by Crippen LogP contribution is 2.51. The van der Waals surface area contributed by atoms with Crippen molar-refractivity contribution in [3.05, 3.63) is 221 Å². The molecule has 0 radical (unpaired) electrons. The first kappa shape index (κ1) is 30.3. The molecule has 0 saturated heterocycles. The summed E-state index contributed by atoms with van der Waals surface area (Å²) in [6, 6.07) is 63.6. The van der Waals surface area contributed by atoms with E-state index < -0.39 is 5.41 Å². The molecule has 0 fully saturated rings. The first-order chi connectivity index (χ1) is 25.2. The predicted octanol–water partition coefficient (Wildman–Crippen LogP) is 10.5. The molecule has 1 aromatic heterocycles. The Kier molecular flexibility index (Phi) is 7.48. The van der Waals surface area contributed by atoms with Gasteiger partial charge in [0.05, 0.1) is 5.41 Å². The van der Waals surface area contributed by atoms with Gasteiger partial charge in [0, 0.05) is 27.8 Å². The zero-order chi connectivity index (χ0) is 34.2. The molecule has 0 amide bonds. The quantitative estimate of drug-likeness (QED) is 0.179. The highest BCUT2D eigenvalue weighted by molar-refractivity contribution is 6.14. The van der Waals surface area contributed by atoms with Crippen LogP contribution in [0, 0.1) is 0 Å². The summed E-state index contributed by atoms with van der Waals surface area (Å²) in [6.45, 7) is 0. The van der Waals surface area contributed by atoms with Gasteiger partial charge in [-0.2, -0.15) is 0 Å². The predicted molar refractivity (Wildman–Crippen MR) is 203 cm³/mol. The molecule has 1 aliphatic rings. The molecule has 7 aromatic carbocycles. The van der Waals surface area contributed by atoms with Crippen molar-refractivity contribution in [2.24, 2.45) is 0 Å². The zero-order valence-corrected chi connectivity index (χ0v) is 27.6.